The quantitative estimate of drug-likeness (QED) is 0.563. The maximum absolute atomic E-state index is 10.7. The van der Waals surface area contributed by atoms with Crippen molar-refractivity contribution in [3.8, 4) is 0 Å². The Morgan fingerprint density at radius 2 is 2.33 bits per heavy atom. The predicted octanol–water partition coefficient (Wildman–Crippen LogP) is -0.750. The topological polar surface area (TPSA) is 46.2 Å². The molecule has 54 valence electrons. The molecule has 0 unspecified atom stereocenters. The molecule has 0 spiro atoms. The fourth-order valence-electron chi connectivity index (χ4n) is 0.845. The van der Waals surface area contributed by atoms with Crippen LogP contribution in [-0.4, -0.2) is 33.5 Å². The lowest BCUT2D eigenvalue weighted by atomic mass is 10.1. The van der Waals surface area contributed by atoms with Crippen LogP contribution in [0.3, 0.4) is 0 Å². The second-order valence-electron chi connectivity index (χ2n) is 2.55. The van der Waals surface area contributed by atoms with Gasteiger partial charge in [-0.3, -0.25) is 0 Å². The summed E-state index contributed by atoms with van der Waals surface area (Å²) in [7, 11) is -2.82. The third kappa shape index (κ3) is 2.32. The van der Waals surface area contributed by atoms with E-state index in [-0.39, 0.29) is 11.7 Å². The summed E-state index contributed by atoms with van der Waals surface area (Å²) in [6.07, 6.45) is 1.24. The highest BCUT2D eigenvalue weighted by Gasteiger charge is 2.20. The average Bonchev–Trinajstić information content (AvgIpc) is 1.57. The first-order valence-electron chi connectivity index (χ1n) is 3.33. The van der Waals surface area contributed by atoms with E-state index in [2.05, 4.69) is 0 Å². The Bertz CT molecular complexity index is 208. The van der Waals surface area contributed by atoms with E-state index in [1.807, 2.05) is 0 Å². The van der Waals surface area contributed by atoms with Crippen molar-refractivity contribution in [2.24, 2.45) is 5.92 Å². The Balaban J connectivity index is 2.30. The zero-order valence-corrected chi connectivity index (χ0v) is 6.19. The van der Waals surface area contributed by atoms with E-state index in [1.54, 1.807) is 0 Å². The molecule has 0 aromatic rings. The van der Waals surface area contributed by atoms with Crippen LogP contribution in [0, 0.1) is 5.92 Å². The summed E-state index contributed by atoms with van der Waals surface area (Å²) >= 11 is 0. The van der Waals surface area contributed by atoms with Gasteiger partial charge in [-0.1, -0.05) is 0 Å². The molecule has 1 saturated heterocycles. The Morgan fingerprint density at radius 3 is 2.67 bits per heavy atom. The third-order valence-corrected chi connectivity index (χ3v) is 2.39. The van der Waals surface area contributed by atoms with Gasteiger partial charge in [0.25, 0.3) is 0 Å². The molecule has 3 nitrogen and oxygen atoms in total. The maximum atomic E-state index is 10.7. The summed E-state index contributed by atoms with van der Waals surface area (Å²) in [6.45, 7) is 1.21. The minimum absolute atomic E-state index is 0.201. The lowest BCUT2D eigenvalue weighted by Crippen LogP contribution is -2.45. The molecule has 1 N–H and O–H groups in total. The van der Waals surface area contributed by atoms with Crippen molar-refractivity contribution < 1.29 is 9.83 Å². The van der Waals surface area contributed by atoms with E-state index in [9.17, 15) is 8.42 Å². The van der Waals surface area contributed by atoms with Crippen LogP contribution in [-0.2, 0) is 9.84 Å². The van der Waals surface area contributed by atoms with Crippen molar-refractivity contribution in [2.45, 2.75) is 0 Å². The van der Waals surface area contributed by atoms with Gasteiger partial charge in [0, 0.05) is 19.3 Å². The van der Waals surface area contributed by atoms with Crippen molar-refractivity contribution in [1.82, 2.24) is 5.31 Å². The van der Waals surface area contributed by atoms with Crippen molar-refractivity contribution >= 4 is 9.84 Å². The Labute approximate surface area is 56.8 Å². The van der Waals surface area contributed by atoms with Gasteiger partial charge < -0.3 is 5.31 Å². The van der Waals surface area contributed by atoms with Gasteiger partial charge >= 0.3 is 0 Å². The molecule has 1 aliphatic rings. The molecule has 0 aromatic carbocycles. The number of hydrogen-bond donors (Lipinski definition) is 1. The second kappa shape index (κ2) is 2.27. The van der Waals surface area contributed by atoms with Gasteiger partial charge in [0.05, 0.1) is 5.75 Å². The van der Waals surface area contributed by atoms with Crippen LogP contribution in [0.2, 0.25) is 1.41 Å². The summed E-state index contributed by atoms with van der Waals surface area (Å²) in [5.74, 6) is 0.440. The highest BCUT2D eigenvalue weighted by molar-refractivity contribution is 7.90. The Kier molecular flexibility index (Phi) is 1.43. The summed E-state index contributed by atoms with van der Waals surface area (Å²) in [5, 5.41) is 1.37. The predicted molar refractivity (Wildman–Crippen MR) is 36.1 cm³/mol. The number of hydrogen-bond acceptors (Lipinski definition) is 3. The summed E-state index contributed by atoms with van der Waals surface area (Å²) in [6, 6.07) is 0. The molecule has 1 heterocycles. The first-order chi connectivity index (χ1) is 4.47. The first-order valence-corrected chi connectivity index (χ1v) is 4.95. The summed E-state index contributed by atoms with van der Waals surface area (Å²) in [4.78, 5) is 0. The molecule has 0 radical (unpaired) electrons. The third-order valence-electron chi connectivity index (χ3n) is 1.31. The van der Waals surface area contributed by atoms with Gasteiger partial charge in [-0.05, 0) is 5.92 Å². The van der Waals surface area contributed by atoms with Crippen molar-refractivity contribution in [1.29, 1.82) is 0 Å². The molecule has 0 amide bonds. The molecule has 1 aliphatic heterocycles. The molecular formula is C5H11NO2S. The molecule has 0 aliphatic carbocycles. The van der Waals surface area contributed by atoms with Gasteiger partial charge in [-0.25, -0.2) is 8.42 Å². The lowest BCUT2D eigenvalue weighted by Gasteiger charge is -2.25. The van der Waals surface area contributed by atoms with E-state index in [4.69, 9.17) is 1.41 Å². The molecule has 0 saturated carbocycles. The van der Waals surface area contributed by atoms with Crippen LogP contribution in [0.25, 0.3) is 0 Å². The van der Waals surface area contributed by atoms with Gasteiger partial charge in [-0.15, -0.1) is 0 Å². The standard InChI is InChI=1S/C5H11NO2S/c1-9(7,8)4-5-2-6-3-5/h5-6H,2-4H2,1H3/i/hD. The molecule has 0 aromatic heterocycles. The number of sulfone groups is 1. The minimum atomic E-state index is -2.82. The fraction of sp³-hybridized carbons (Fsp3) is 1.00. The molecular weight excluding hydrogens is 138 g/mol. The van der Waals surface area contributed by atoms with Crippen molar-refractivity contribution in [3.63, 3.8) is 0 Å². The van der Waals surface area contributed by atoms with Crippen LogP contribution in [0.5, 0.6) is 0 Å². The van der Waals surface area contributed by atoms with Gasteiger partial charge in [0.1, 0.15) is 11.2 Å². The van der Waals surface area contributed by atoms with E-state index < -0.39 is 9.84 Å². The Morgan fingerprint density at radius 1 is 1.78 bits per heavy atom. The van der Waals surface area contributed by atoms with E-state index in [0.717, 1.165) is 0 Å². The molecule has 0 bridgehead atoms. The van der Waals surface area contributed by atoms with Crippen molar-refractivity contribution in [2.75, 3.05) is 25.1 Å². The molecule has 4 heteroatoms. The van der Waals surface area contributed by atoms with Crippen LogP contribution in [0.1, 0.15) is 0 Å². The smallest absolute Gasteiger partial charge is 0.147 e. The largest absolute Gasteiger partial charge is 0.316 e. The zero-order chi connectivity index (χ0) is 7.78. The monoisotopic (exact) mass is 150 g/mol. The average molecular weight is 150 g/mol. The highest BCUT2D eigenvalue weighted by atomic mass is 32.2. The molecule has 1 rings (SSSR count). The molecule has 9 heavy (non-hydrogen) atoms. The number of nitrogens with one attached hydrogen (secondary N) is 1. The first kappa shape index (κ1) is 5.68. The maximum Gasteiger partial charge on any atom is 0.147 e. The lowest BCUT2D eigenvalue weighted by molar-refractivity contribution is 0.379. The molecule has 1 fully saturated rings. The molecule has 0 atom stereocenters. The van der Waals surface area contributed by atoms with Crippen LogP contribution >= 0.6 is 0 Å². The van der Waals surface area contributed by atoms with Crippen LogP contribution < -0.4 is 5.31 Å². The summed E-state index contributed by atoms with van der Waals surface area (Å²) in [5.41, 5.74) is 0. The SMILES string of the molecule is [2H]N1CC(CS(C)(=O)=O)C1. The van der Waals surface area contributed by atoms with Crippen molar-refractivity contribution in [3.05, 3.63) is 0 Å². The highest BCUT2D eigenvalue weighted by Crippen LogP contribution is 2.04. The van der Waals surface area contributed by atoms with Crippen LogP contribution in [0.15, 0.2) is 0 Å². The van der Waals surface area contributed by atoms with Gasteiger partial charge in [0.15, 0.2) is 0 Å². The van der Waals surface area contributed by atoms with Gasteiger partial charge in [0.2, 0.25) is 0 Å². The van der Waals surface area contributed by atoms with E-state index >= 15 is 0 Å². The number of rotatable bonds is 2. The Hall–Kier alpha value is -0.0900. The zero-order valence-electron chi connectivity index (χ0n) is 6.37. The van der Waals surface area contributed by atoms with Gasteiger partial charge in [-0.2, -0.15) is 0 Å². The minimum Gasteiger partial charge on any atom is -0.316 e. The normalized spacial score (nSPS) is 25.2. The fourth-order valence-corrected chi connectivity index (χ4v) is 1.91. The second-order valence-corrected chi connectivity index (χ2v) is 4.73. The van der Waals surface area contributed by atoms with Crippen LogP contribution in [0.4, 0.5) is 0 Å². The van der Waals surface area contributed by atoms with E-state index in [1.165, 1.54) is 11.6 Å². The van der Waals surface area contributed by atoms with E-state index in [0.29, 0.717) is 13.1 Å². The summed E-state index contributed by atoms with van der Waals surface area (Å²) < 4.78 is 28.3.